The molecule has 0 radical (unpaired) electrons. The van der Waals surface area contributed by atoms with Crippen molar-refractivity contribution in [2.24, 2.45) is 0 Å². The molecule has 39 heavy (non-hydrogen) atoms. The third kappa shape index (κ3) is 5.89. The van der Waals surface area contributed by atoms with Crippen LogP contribution in [0.15, 0.2) is 89.9 Å². The first-order chi connectivity index (χ1) is 19.1. The second kappa shape index (κ2) is 12.0. The van der Waals surface area contributed by atoms with Gasteiger partial charge in [-0.25, -0.2) is 9.97 Å². The fraction of sp³-hybridized carbons (Fsp3) is 0.212. The van der Waals surface area contributed by atoms with Crippen LogP contribution in [0.5, 0.6) is 0 Å². The van der Waals surface area contributed by atoms with Gasteiger partial charge in [0.25, 0.3) is 5.56 Å². The number of aromatic nitrogens is 3. The smallest absolute Gasteiger partial charge is 0.257 e. The number of hydrogen-bond acceptors (Lipinski definition) is 5. The number of unbranched alkanes of at least 4 members (excludes halogenated alkanes) is 1. The van der Waals surface area contributed by atoms with E-state index >= 15 is 0 Å². The highest BCUT2D eigenvalue weighted by Crippen LogP contribution is 2.26. The van der Waals surface area contributed by atoms with Crippen LogP contribution < -0.4 is 5.56 Å². The molecule has 0 bridgehead atoms. The van der Waals surface area contributed by atoms with E-state index in [9.17, 15) is 10.1 Å². The third-order valence-electron chi connectivity index (χ3n) is 6.89. The Labute approximate surface area is 233 Å². The molecule has 0 spiro atoms. The van der Waals surface area contributed by atoms with Crippen molar-refractivity contribution in [1.82, 2.24) is 14.5 Å². The molecule has 2 heterocycles. The number of nitriles is 1. The summed E-state index contributed by atoms with van der Waals surface area (Å²) in [7, 11) is 0. The molecule has 0 aliphatic carbocycles. The molecular formula is C33H30N4OS. The van der Waals surface area contributed by atoms with E-state index in [4.69, 9.17) is 4.98 Å². The van der Waals surface area contributed by atoms with Gasteiger partial charge in [-0.1, -0.05) is 86.1 Å². The first-order valence-corrected chi connectivity index (χ1v) is 14.1. The lowest BCUT2D eigenvalue weighted by Crippen LogP contribution is -2.29. The number of rotatable bonds is 9. The number of benzene rings is 3. The van der Waals surface area contributed by atoms with Gasteiger partial charge in [0.2, 0.25) is 0 Å². The largest absolute Gasteiger partial charge is 0.291 e. The van der Waals surface area contributed by atoms with Crippen LogP contribution >= 0.6 is 11.3 Å². The lowest BCUT2D eigenvalue weighted by atomic mass is 9.97. The van der Waals surface area contributed by atoms with Crippen LogP contribution in [0, 0.1) is 18.3 Å². The van der Waals surface area contributed by atoms with Crippen LogP contribution in [-0.2, 0) is 19.4 Å². The lowest BCUT2D eigenvalue weighted by molar-refractivity contribution is 0.666. The Hall–Kier alpha value is -4.34. The van der Waals surface area contributed by atoms with E-state index in [0.29, 0.717) is 18.5 Å². The quantitative estimate of drug-likeness (QED) is 0.202. The fourth-order valence-electron chi connectivity index (χ4n) is 4.76. The van der Waals surface area contributed by atoms with Crippen molar-refractivity contribution < 1.29 is 0 Å². The second-order valence-electron chi connectivity index (χ2n) is 9.61. The highest BCUT2D eigenvalue weighted by Gasteiger charge is 2.17. The van der Waals surface area contributed by atoms with Crippen LogP contribution in [0.25, 0.3) is 21.7 Å². The van der Waals surface area contributed by atoms with Gasteiger partial charge in [0.1, 0.15) is 10.8 Å². The Morgan fingerprint density at radius 1 is 0.949 bits per heavy atom. The summed E-state index contributed by atoms with van der Waals surface area (Å²) in [4.78, 5) is 24.5. The summed E-state index contributed by atoms with van der Waals surface area (Å²) in [5.74, 6) is 0.730. The molecule has 0 unspecified atom stereocenters. The van der Waals surface area contributed by atoms with Crippen molar-refractivity contribution in [1.29, 1.82) is 5.26 Å². The molecule has 0 aliphatic heterocycles. The normalized spacial score (nSPS) is 10.9. The second-order valence-corrected chi connectivity index (χ2v) is 10.7. The van der Waals surface area contributed by atoms with Crippen LogP contribution in [0.4, 0.5) is 0 Å². The molecule has 2 aromatic heterocycles. The number of thiazole rings is 1. The van der Waals surface area contributed by atoms with E-state index in [1.54, 1.807) is 15.9 Å². The number of aryl methyl sites for hydroxylation is 2. The minimum absolute atomic E-state index is 0.0159. The molecule has 194 valence electrons. The van der Waals surface area contributed by atoms with Crippen LogP contribution in [0.2, 0.25) is 0 Å². The SMILES string of the molecule is CCCCc1nc(C)n(Cc2cnc(-c3ccccc3)s2)c(=O)c1Cc1ccc(-c2ccccc2C#N)cc1. The summed E-state index contributed by atoms with van der Waals surface area (Å²) in [5, 5.41) is 10.4. The van der Waals surface area contributed by atoms with E-state index < -0.39 is 0 Å². The van der Waals surface area contributed by atoms with Crippen LogP contribution in [0.1, 0.15) is 52.9 Å². The van der Waals surface area contributed by atoms with Crippen molar-refractivity contribution >= 4 is 11.3 Å². The molecule has 0 saturated heterocycles. The van der Waals surface area contributed by atoms with Gasteiger partial charge in [0, 0.05) is 28.6 Å². The summed E-state index contributed by atoms with van der Waals surface area (Å²) in [6.45, 7) is 4.52. The van der Waals surface area contributed by atoms with Crippen molar-refractivity contribution in [3.63, 3.8) is 0 Å². The van der Waals surface area contributed by atoms with Crippen molar-refractivity contribution in [2.75, 3.05) is 0 Å². The summed E-state index contributed by atoms with van der Waals surface area (Å²) in [5.41, 5.74) is 6.33. The van der Waals surface area contributed by atoms with Crippen LogP contribution in [-0.4, -0.2) is 14.5 Å². The van der Waals surface area contributed by atoms with Crippen molar-refractivity contribution in [2.45, 2.75) is 46.1 Å². The number of nitrogens with zero attached hydrogens (tertiary/aromatic N) is 4. The predicted molar refractivity (Wildman–Crippen MR) is 158 cm³/mol. The number of hydrogen-bond donors (Lipinski definition) is 0. The molecule has 0 atom stereocenters. The Kier molecular flexibility index (Phi) is 8.10. The monoisotopic (exact) mass is 530 g/mol. The minimum atomic E-state index is 0.0159. The molecule has 0 saturated carbocycles. The Morgan fingerprint density at radius 3 is 2.44 bits per heavy atom. The van der Waals surface area contributed by atoms with E-state index in [-0.39, 0.29) is 5.56 Å². The minimum Gasteiger partial charge on any atom is -0.291 e. The van der Waals surface area contributed by atoms with Gasteiger partial charge in [0.15, 0.2) is 0 Å². The third-order valence-corrected chi connectivity index (χ3v) is 7.92. The van der Waals surface area contributed by atoms with Crippen molar-refractivity contribution in [3.8, 4) is 27.8 Å². The molecule has 6 heteroatoms. The average molecular weight is 531 g/mol. The molecule has 5 aromatic rings. The van der Waals surface area contributed by atoms with Gasteiger partial charge in [-0.05, 0) is 42.5 Å². The van der Waals surface area contributed by atoms with Gasteiger partial charge in [-0.2, -0.15) is 5.26 Å². The van der Waals surface area contributed by atoms with Crippen LogP contribution in [0.3, 0.4) is 0 Å². The predicted octanol–water partition coefficient (Wildman–Crippen LogP) is 7.20. The van der Waals surface area contributed by atoms with E-state index in [0.717, 1.165) is 68.5 Å². The van der Waals surface area contributed by atoms with E-state index in [1.807, 2.05) is 92.0 Å². The molecular weight excluding hydrogens is 500 g/mol. The zero-order valence-corrected chi connectivity index (χ0v) is 23.0. The molecule has 0 amide bonds. The maximum absolute atomic E-state index is 13.9. The zero-order chi connectivity index (χ0) is 27.2. The highest BCUT2D eigenvalue weighted by atomic mass is 32.1. The first kappa shape index (κ1) is 26.3. The zero-order valence-electron chi connectivity index (χ0n) is 22.2. The Morgan fingerprint density at radius 2 is 1.69 bits per heavy atom. The Balaban J connectivity index is 1.46. The summed E-state index contributed by atoms with van der Waals surface area (Å²) >= 11 is 1.61. The highest BCUT2D eigenvalue weighted by molar-refractivity contribution is 7.15. The molecule has 3 aromatic carbocycles. The Bertz CT molecular complexity index is 1680. The maximum atomic E-state index is 13.9. The average Bonchev–Trinajstić information content (AvgIpc) is 3.45. The van der Waals surface area contributed by atoms with E-state index in [1.165, 1.54) is 0 Å². The topological polar surface area (TPSA) is 71.6 Å². The van der Waals surface area contributed by atoms with E-state index in [2.05, 4.69) is 18.0 Å². The summed E-state index contributed by atoms with van der Waals surface area (Å²) in [6, 6.07) is 28.1. The van der Waals surface area contributed by atoms with Gasteiger partial charge in [-0.3, -0.25) is 9.36 Å². The van der Waals surface area contributed by atoms with Gasteiger partial charge < -0.3 is 0 Å². The molecule has 0 fully saturated rings. The van der Waals surface area contributed by atoms with Crippen molar-refractivity contribution in [3.05, 3.63) is 128 Å². The molecule has 5 rings (SSSR count). The molecule has 0 N–H and O–H groups in total. The van der Waals surface area contributed by atoms with Gasteiger partial charge >= 0.3 is 0 Å². The summed E-state index contributed by atoms with van der Waals surface area (Å²) in [6.07, 6.45) is 5.20. The first-order valence-electron chi connectivity index (χ1n) is 13.2. The molecule has 5 nitrogen and oxygen atoms in total. The molecule has 0 aliphatic rings. The lowest BCUT2D eigenvalue weighted by Gasteiger charge is -2.15. The summed E-state index contributed by atoms with van der Waals surface area (Å²) < 4.78 is 1.78. The fourth-order valence-corrected chi connectivity index (χ4v) is 5.67. The maximum Gasteiger partial charge on any atom is 0.257 e. The van der Waals surface area contributed by atoms with Gasteiger partial charge in [0.05, 0.1) is 23.9 Å². The van der Waals surface area contributed by atoms with Gasteiger partial charge in [-0.15, -0.1) is 11.3 Å². The standard InChI is InChI=1S/C33H30N4OS/c1-3-4-14-31-30(19-24-15-17-25(18-16-24)29-13-9-8-12-27(29)20-34)33(38)37(23(2)36-31)22-28-21-35-32(39-28)26-10-6-5-7-11-26/h5-13,15-18,21H,3-4,14,19,22H2,1-2H3.